The van der Waals surface area contributed by atoms with E-state index in [9.17, 15) is 14.4 Å². The van der Waals surface area contributed by atoms with Gasteiger partial charge in [0.25, 0.3) is 5.91 Å². The largest absolute Gasteiger partial charge is 0.483 e. The fourth-order valence-corrected chi connectivity index (χ4v) is 3.19. The highest BCUT2D eigenvalue weighted by atomic mass is 16.5. The normalized spacial score (nSPS) is 14.2. The van der Waals surface area contributed by atoms with Crippen LogP contribution in [-0.4, -0.2) is 56.8 Å². The first-order valence-corrected chi connectivity index (χ1v) is 9.03. The van der Waals surface area contributed by atoms with Gasteiger partial charge >= 0.3 is 11.6 Å². The van der Waals surface area contributed by atoms with Gasteiger partial charge in [0.2, 0.25) is 0 Å². The Morgan fingerprint density at radius 3 is 2.54 bits per heavy atom. The molecule has 8 nitrogen and oxygen atoms in total. The Morgan fingerprint density at radius 1 is 1.14 bits per heavy atom. The van der Waals surface area contributed by atoms with E-state index in [1.165, 1.54) is 7.11 Å². The molecule has 28 heavy (non-hydrogen) atoms. The molecule has 1 fully saturated rings. The van der Waals surface area contributed by atoms with E-state index in [0.717, 1.165) is 0 Å². The Morgan fingerprint density at radius 2 is 1.86 bits per heavy atom. The number of methoxy groups -OCH3 is 1. The van der Waals surface area contributed by atoms with Gasteiger partial charge in [-0.05, 0) is 31.5 Å². The predicted molar refractivity (Wildman–Crippen MR) is 101 cm³/mol. The summed E-state index contributed by atoms with van der Waals surface area (Å²) in [4.78, 5) is 37.9. The first-order valence-electron chi connectivity index (χ1n) is 9.03. The van der Waals surface area contributed by atoms with E-state index in [1.807, 2.05) is 0 Å². The van der Waals surface area contributed by atoms with E-state index >= 15 is 0 Å². The van der Waals surface area contributed by atoms with E-state index < -0.39 is 11.6 Å². The second kappa shape index (κ2) is 8.43. The van der Waals surface area contributed by atoms with Crippen LogP contribution < -0.4 is 10.4 Å². The molecule has 2 aromatic rings. The zero-order valence-corrected chi connectivity index (χ0v) is 16.2. The molecule has 1 aromatic heterocycles. The topological polar surface area (TPSA) is 95.3 Å². The van der Waals surface area contributed by atoms with Crippen LogP contribution in [0.25, 0.3) is 11.0 Å². The number of fused-ring (bicyclic) bond motifs is 1. The first-order chi connectivity index (χ1) is 13.4. The third-order valence-corrected chi connectivity index (χ3v) is 4.92. The van der Waals surface area contributed by atoms with E-state index in [2.05, 4.69) is 4.74 Å². The van der Waals surface area contributed by atoms with Crippen LogP contribution in [0.3, 0.4) is 0 Å². The standard InChI is InChI=1S/C20H23NO7/c1-12-14-4-5-16(27-11-17(22)21-6-8-26-9-7-21)13(2)19(14)28-20(24)15(12)10-18(23)25-3/h4-5H,6-11H2,1-3H3. The van der Waals surface area contributed by atoms with Gasteiger partial charge in [-0.3, -0.25) is 9.59 Å². The molecule has 1 saturated heterocycles. The molecule has 0 radical (unpaired) electrons. The average Bonchev–Trinajstić information content (AvgIpc) is 2.71. The molecular formula is C20H23NO7. The van der Waals surface area contributed by atoms with Crippen molar-refractivity contribution in [1.29, 1.82) is 0 Å². The molecule has 0 atom stereocenters. The van der Waals surface area contributed by atoms with Gasteiger partial charge in [0.05, 0.1) is 32.3 Å². The molecule has 3 rings (SSSR count). The van der Waals surface area contributed by atoms with Crippen LogP contribution in [0, 0.1) is 13.8 Å². The third kappa shape index (κ3) is 4.01. The summed E-state index contributed by atoms with van der Waals surface area (Å²) in [5, 5.41) is 0.711. The van der Waals surface area contributed by atoms with Crippen molar-refractivity contribution in [3.8, 4) is 5.75 Å². The highest BCUT2D eigenvalue weighted by molar-refractivity contribution is 5.87. The van der Waals surface area contributed by atoms with E-state index in [1.54, 1.807) is 30.9 Å². The van der Waals surface area contributed by atoms with Crippen molar-refractivity contribution in [2.75, 3.05) is 40.0 Å². The van der Waals surface area contributed by atoms with Gasteiger partial charge in [0, 0.05) is 24.0 Å². The summed E-state index contributed by atoms with van der Waals surface area (Å²) >= 11 is 0. The van der Waals surface area contributed by atoms with Crippen LogP contribution >= 0.6 is 0 Å². The van der Waals surface area contributed by atoms with Crippen molar-refractivity contribution < 1.29 is 28.2 Å². The molecule has 1 aliphatic rings. The minimum Gasteiger partial charge on any atom is -0.483 e. The maximum absolute atomic E-state index is 12.4. The summed E-state index contributed by atoms with van der Waals surface area (Å²) < 4.78 is 21.0. The van der Waals surface area contributed by atoms with Gasteiger partial charge in [-0.25, -0.2) is 4.79 Å². The number of esters is 1. The number of hydrogen-bond acceptors (Lipinski definition) is 7. The minimum absolute atomic E-state index is 0.101. The quantitative estimate of drug-likeness (QED) is 0.563. The molecule has 0 aliphatic carbocycles. The molecule has 1 aromatic carbocycles. The number of morpholine rings is 1. The molecule has 0 saturated carbocycles. The van der Waals surface area contributed by atoms with Crippen molar-refractivity contribution >= 4 is 22.8 Å². The zero-order chi connectivity index (χ0) is 20.3. The Hall–Kier alpha value is -2.87. The maximum atomic E-state index is 12.4. The van der Waals surface area contributed by atoms with Crippen molar-refractivity contribution in [3.63, 3.8) is 0 Å². The van der Waals surface area contributed by atoms with Gasteiger partial charge in [-0.15, -0.1) is 0 Å². The predicted octanol–water partition coefficient (Wildman–Crippen LogP) is 1.36. The van der Waals surface area contributed by atoms with Crippen molar-refractivity contribution in [2.24, 2.45) is 0 Å². The van der Waals surface area contributed by atoms with Gasteiger partial charge in [-0.1, -0.05) is 0 Å². The summed E-state index contributed by atoms with van der Waals surface area (Å²) in [5.74, 6) is -0.153. The molecule has 2 heterocycles. The summed E-state index contributed by atoms with van der Waals surface area (Å²) in [6.45, 7) is 5.58. The second-order valence-electron chi connectivity index (χ2n) is 6.59. The van der Waals surface area contributed by atoms with Gasteiger partial charge < -0.3 is 23.5 Å². The van der Waals surface area contributed by atoms with Crippen LogP contribution in [0.5, 0.6) is 5.75 Å². The molecule has 0 N–H and O–H groups in total. The number of benzene rings is 1. The Labute approximate surface area is 162 Å². The highest BCUT2D eigenvalue weighted by Crippen LogP contribution is 2.29. The number of ether oxygens (including phenoxy) is 3. The van der Waals surface area contributed by atoms with Crippen LogP contribution in [0.2, 0.25) is 0 Å². The second-order valence-corrected chi connectivity index (χ2v) is 6.59. The lowest BCUT2D eigenvalue weighted by Crippen LogP contribution is -2.43. The van der Waals surface area contributed by atoms with Crippen molar-refractivity contribution in [1.82, 2.24) is 4.90 Å². The van der Waals surface area contributed by atoms with E-state index in [4.69, 9.17) is 13.9 Å². The number of carbonyl (C=O) groups is 2. The van der Waals surface area contributed by atoms with Gasteiger partial charge in [0.15, 0.2) is 6.61 Å². The number of amides is 1. The Bertz CT molecular complexity index is 957. The molecule has 150 valence electrons. The fourth-order valence-electron chi connectivity index (χ4n) is 3.19. The lowest BCUT2D eigenvalue weighted by atomic mass is 10.0. The number of carbonyl (C=O) groups excluding carboxylic acids is 2. The summed E-state index contributed by atoms with van der Waals surface area (Å²) in [6.07, 6.45) is -0.147. The fraction of sp³-hybridized carbons (Fsp3) is 0.450. The highest BCUT2D eigenvalue weighted by Gasteiger charge is 2.20. The number of nitrogens with zero attached hydrogens (tertiary/aromatic N) is 1. The summed E-state index contributed by atoms with van der Waals surface area (Å²) in [7, 11) is 1.27. The van der Waals surface area contributed by atoms with Crippen LogP contribution in [0.15, 0.2) is 21.3 Å². The smallest absolute Gasteiger partial charge is 0.340 e. The van der Waals surface area contributed by atoms with Gasteiger partial charge in [0.1, 0.15) is 11.3 Å². The Balaban J connectivity index is 1.84. The molecular weight excluding hydrogens is 366 g/mol. The van der Waals surface area contributed by atoms with Crippen molar-refractivity contribution in [3.05, 3.63) is 39.2 Å². The summed E-state index contributed by atoms with van der Waals surface area (Å²) in [5.41, 5.74) is 1.36. The Kier molecular flexibility index (Phi) is 5.99. The van der Waals surface area contributed by atoms with E-state index in [-0.39, 0.29) is 24.5 Å². The third-order valence-electron chi connectivity index (χ3n) is 4.92. The molecule has 8 heteroatoms. The summed E-state index contributed by atoms with van der Waals surface area (Å²) in [6, 6.07) is 3.50. The van der Waals surface area contributed by atoms with Gasteiger partial charge in [-0.2, -0.15) is 0 Å². The lowest BCUT2D eigenvalue weighted by Gasteiger charge is -2.26. The maximum Gasteiger partial charge on any atom is 0.340 e. The molecule has 0 bridgehead atoms. The van der Waals surface area contributed by atoms with Crippen LogP contribution in [-0.2, 0) is 25.5 Å². The number of rotatable bonds is 5. The van der Waals surface area contributed by atoms with Crippen LogP contribution in [0.1, 0.15) is 16.7 Å². The molecule has 1 amide bonds. The monoisotopic (exact) mass is 389 g/mol. The number of aryl methyl sites for hydroxylation is 2. The molecule has 0 spiro atoms. The average molecular weight is 389 g/mol. The molecule has 0 unspecified atom stereocenters. The van der Waals surface area contributed by atoms with E-state index in [0.29, 0.717) is 54.1 Å². The zero-order valence-electron chi connectivity index (χ0n) is 16.2. The first kappa shape index (κ1) is 19.9. The lowest BCUT2D eigenvalue weighted by molar-refractivity contribution is -0.140. The minimum atomic E-state index is -0.583. The molecule has 1 aliphatic heterocycles. The number of hydrogen-bond donors (Lipinski definition) is 0. The van der Waals surface area contributed by atoms with Crippen LogP contribution in [0.4, 0.5) is 0 Å². The SMILES string of the molecule is COC(=O)Cc1c(C)c2ccc(OCC(=O)N3CCOCC3)c(C)c2oc1=O. The van der Waals surface area contributed by atoms with Crippen molar-refractivity contribution in [2.45, 2.75) is 20.3 Å².